The fraction of sp³-hybridized carbons (Fsp3) is 0.531. The van der Waals surface area contributed by atoms with Crippen molar-refractivity contribution in [3.05, 3.63) is 65.7 Å². The highest BCUT2D eigenvalue weighted by molar-refractivity contribution is 7.98. The molecule has 0 amide bonds. The molecule has 2 aromatic rings. The zero-order valence-corrected chi connectivity index (χ0v) is 22.9. The van der Waals surface area contributed by atoms with E-state index in [0.29, 0.717) is 12.2 Å². The summed E-state index contributed by atoms with van der Waals surface area (Å²) in [5.41, 5.74) is 1.70. The molecule has 3 heteroatoms. The molecule has 0 heterocycles. The van der Waals surface area contributed by atoms with E-state index in [4.69, 9.17) is 4.74 Å². The van der Waals surface area contributed by atoms with Gasteiger partial charge in [0.25, 0.3) is 0 Å². The van der Waals surface area contributed by atoms with Gasteiger partial charge in [-0.25, -0.2) is 0 Å². The summed E-state index contributed by atoms with van der Waals surface area (Å²) < 4.78 is 5.91. The molecule has 2 nitrogen and oxygen atoms in total. The van der Waals surface area contributed by atoms with E-state index in [1.54, 1.807) is 17.8 Å². The second kappa shape index (κ2) is 19.2. The van der Waals surface area contributed by atoms with Crippen molar-refractivity contribution >= 4 is 23.6 Å². The Labute approximate surface area is 218 Å². The number of carbonyl (C=O) groups excluding carboxylic acids is 1. The molecule has 0 aliphatic rings. The maximum absolute atomic E-state index is 12.6. The third-order valence-corrected chi connectivity index (χ3v) is 7.17. The SMILES string of the molecule is CCCCCCCCCCCCCCCCOc1cccc(C(=O)C=Cc2ccc(SC)cc2)c1. The predicted molar refractivity (Wildman–Crippen MR) is 154 cm³/mol. The number of rotatable bonds is 20. The molecule has 0 aromatic heterocycles. The van der Waals surface area contributed by atoms with Crippen molar-refractivity contribution < 1.29 is 9.53 Å². The quantitative estimate of drug-likeness (QED) is 0.0792. The first-order valence-electron chi connectivity index (χ1n) is 13.8. The van der Waals surface area contributed by atoms with Crippen LogP contribution in [0.25, 0.3) is 6.08 Å². The van der Waals surface area contributed by atoms with E-state index in [1.807, 2.05) is 42.5 Å². The van der Waals surface area contributed by atoms with Gasteiger partial charge in [0.2, 0.25) is 0 Å². The van der Waals surface area contributed by atoms with Gasteiger partial charge in [0.1, 0.15) is 5.75 Å². The first-order chi connectivity index (χ1) is 17.2. The van der Waals surface area contributed by atoms with Crippen LogP contribution >= 0.6 is 11.8 Å². The Kier molecular flexibility index (Phi) is 16.1. The van der Waals surface area contributed by atoms with Crippen LogP contribution in [0.1, 0.15) is 113 Å². The molecule has 35 heavy (non-hydrogen) atoms. The fourth-order valence-corrected chi connectivity index (χ4v) is 4.62. The highest BCUT2D eigenvalue weighted by atomic mass is 32.2. The third-order valence-electron chi connectivity index (χ3n) is 6.43. The van der Waals surface area contributed by atoms with Crippen LogP contribution in [-0.4, -0.2) is 18.6 Å². The van der Waals surface area contributed by atoms with Crippen LogP contribution in [0.3, 0.4) is 0 Å². The van der Waals surface area contributed by atoms with Crippen molar-refractivity contribution in [1.82, 2.24) is 0 Å². The third kappa shape index (κ3) is 13.6. The van der Waals surface area contributed by atoms with Gasteiger partial charge in [-0.2, -0.15) is 0 Å². The summed E-state index contributed by atoms with van der Waals surface area (Å²) in [6, 6.07) is 15.7. The lowest BCUT2D eigenvalue weighted by Crippen LogP contribution is -1.99. The summed E-state index contributed by atoms with van der Waals surface area (Å²) in [5, 5.41) is 0. The predicted octanol–water partition coefficient (Wildman–Crippen LogP) is 10.2. The summed E-state index contributed by atoms with van der Waals surface area (Å²) in [5.74, 6) is 0.782. The van der Waals surface area contributed by atoms with E-state index >= 15 is 0 Å². The van der Waals surface area contributed by atoms with E-state index < -0.39 is 0 Å². The standard InChI is InChI=1S/C32H46O2S/c1-3-4-5-6-7-8-9-10-11-12-13-14-15-16-26-34-30-19-17-18-29(27-30)32(33)25-22-28-20-23-31(35-2)24-21-28/h17-25,27H,3-16,26H2,1-2H3. The maximum Gasteiger partial charge on any atom is 0.185 e. The Morgan fingerprint density at radius 1 is 0.771 bits per heavy atom. The molecular formula is C32H46O2S. The largest absolute Gasteiger partial charge is 0.494 e. The van der Waals surface area contributed by atoms with Crippen molar-refractivity contribution in [1.29, 1.82) is 0 Å². The molecule has 2 aromatic carbocycles. The van der Waals surface area contributed by atoms with E-state index in [9.17, 15) is 4.79 Å². The number of benzene rings is 2. The van der Waals surface area contributed by atoms with Crippen molar-refractivity contribution in [2.45, 2.75) is 102 Å². The monoisotopic (exact) mass is 494 g/mol. The normalized spacial score (nSPS) is 11.3. The van der Waals surface area contributed by atoms with Crippen molar-refractivity contribution in [2.75, 3.05) is 12.9 Å². The summed E-state index contributed by atoms with van der Waals surface area (Å²) in [7, 11) is 0. The summed E-state index contributed by atoms with van der Waals surface area (Å²) in [6.45, 7) is 3.00. The molecule has 0 radical (unpaired) electrons. The smallest absolute Gasteiger partial charge is 0.185 e. The van der Waals surface area contributed by atoms with Gasteiger partial charge in [-0.15, -0.1) is 11.8 Å². The number of hydrogen-bond acceptors (Lipinski definition) is 3. The van der Waals surface area contributed by atoms with Gasteiger partial charge in [-0.05, 0) is 48.6 Å². The molecular weight excluding hydrogens is 448 g/mol. The molecule has 0 saturated heterocycles. The Hall–Kier alpha value is -2.00. The van der Waals surface area contributed by atoms with Crippen LogP contribution < -0.4 is 4.74 Å². The van der Waals surface area contributed by atoms with E-state index in [1.165, 1.54) is 88.4 Å². The highest BCUT2D eigenvalue weighted by Crippen LogP contribution is 2.18. The van der Waals surface area contributed by atoms with E-state index in [-0.39, 0.29) is 5.78 Å². The lowest BCUT2D eigenvalue weighted by Gasteiger charge is -2.07. The van der Waals surface area contributed by atoms with Gasteiger partial charge < -0.3 is 4.74 Å². The summed E-state index contributed by atoms with van der Waals surface area (Å²) in [6.07, 6.45) is 24.5. The van der Waals surface area contributed by atoms with Gasteiger partial charge in [0.05, 0.1) is 6.61 Å². The van der Waals surface area contributed by atoms with Crippen LogP contribution in [0.15, 0.2) is 59.5 Å². The molecule has 0 aliphatic heterocycles. The average Bonchev–Trinajstić information content (AvgIpc) is 2.90. The maximum atomic E-state index is 12.6. The first-order valence-corrected chi connectivity index (χ1v) is 15.0. The van der Waals surface area contributed by atoms with Gasteiger partial charge in [-0.3, -0.25) is 4.79 Å². The minimum Gasteiger partial charge on any atom is -0.494 e. The molecule has 0 N–H and O–H groups in total. The molecule has 0 unspecified atom stereocenters. The number of carbonyl (C=O) groups is 1. The average molecular weight is 495 g/mol. The lowest BCUT2D eigenvalue weighted by atomic mass is 10.0. The minimum atomic E-state index is 0.000820. The van der Waals surface area contributed by atoms with Crippen LogP contribution in [0.2, 0.25) is 0 Å². The minimum absolute atomic E-state index is 0.000820. The van der Waals surface area contributed by atoms with E-state index in [2.05, 4.69) is 25.3 Å². The Balaban J connectivity index is 1.53. The molecule has 0 atom stereocenters. The number of ketones is 1. The molecule has 0 spiro atoms. The zero-order valence-electron chi connectivity index (χ0n) is 22.1. The van der Waals surface area contributed by atoms with Gasteiger partial charge >= 0.3 is 0 Å². The van der Waals surface area contributed by atoms with Gasteiger partial charge in [0, 0.05) is 10.5 Å². The Morgan fingerprint density at radius 3 is 1.91 bits per heavy atom. The fourth-order valence-electron chi connectivity index (χ4n) is 4.21. The molecule has 0 bridgehead atoms. The molecule has 192 valence electrons. The molecule has 0 fully saturated rings. The Morgan fingerprint density at radius 2 is 1.34 bits per heavy atom. The van der Waals surface area contributed by atoms with Crippen LogP contribution in [0.4, 0.5) is 0 Å². The van der Waals surface area contributed by atoms with Crippen molar-refractivity contribution in [3.63, 3.8) is 0 Å². The Bertz CT molecular complexity index is 841. The number of unbranched alkanes of at least 4 members (excludes halogenated alkanes) is 13. The van der Waals surface area contributed by atoms with Gasteiger partial charge in [0.15, 0.2) is 5.78 Å². The van der Waals surface area contributed by atoms with E-state index in [0.717, 1.165) is 17.7 Å². The highest BCUT2D eigenvalue weighted by Gasteiger charge is 2.04. The summed E-state index contributed by atoms with van der Waals surface area (Å²) in [4.78, 5) is 13.8. The van der Waals surface area contributed by atoms with Crippen molar-refractivity contribution in [2.24, 2.45) is 0 Å². The van der Waals surface area contributed by atoms with Gasteiger partial charge in [-0.1, -0.05) is 121 Å². The second-order valence-corrected chi connectivity index (χ2v) is 10.3. The zero-order chi connectivity index (χ0) is 25.0. The van der Waals surface area contributed by atoms with Crippen LogP contribution in [-0.2, 0) is 0 Å². The molecule has 2 rings (SSSR count). The van der Waals surface area contributed by atoms with Crippen molar-refractivity contribution in [3.8, 4) is 5.75 Å². The second-order valence-electron chi connectivity index (χ2n) is 9.44. The number of allylic oxidation sites excluding steroid dienone is 1. The first kappa shape index (κ1) is 29.2. The summed E-state index contributed by atoms with van der Waals surface area (Å²) >= 11 is 1.71. The van der Waals surface area contributed by atoms with Crippen LogP contribution in [0, 0.1) is 0 Å². The van der Waals surface area contributed by atoms with Crippen LogP contribution in [0.5, 0.6) is 5.75 Å². The molecule has 0 aliphatic carbocycles. The lowest BCUT2D eigenvalue weighted by molar-refractivity contribution is 0.104. The number of thioether (sulfide) groups is 1. The number of ether oxygens (including phenoxy) is 1. The topological polar surface area (TPSA) is 26.3 Å². The number of hydrogen-bond donors (Lipinski definition) is 0. The molecule has 0 saturated carbocycles.